The summed E-state index contributed by atoms with van der Waals surface area (Å²) < 4.78 is 0. The predicted molar refractivity (Wildman–Crippen MR) is 75.4 cm³/mol. The maximum atomic E-state index is 6.08. The molecular weight excluding hydrogens is 206 g/mol. The summed E-state index contributed by atoms with van der Waals surface area (Å²) in [5.74, 6) is 1.50. The molecule has 0 aromatic heterocycles. The molecule has 1 saturated carbocycles. The first kappa shape index (κ1) is 12.5. The van der Waals surface area contributed by atoms with Gasteiger partial charge in [0.1, 0.15) is 0 Å². The second-order valence-electron chi connectivity index (χ2n) is 5.44. The summed E-state index contributed by atoms with van der Waals surface area (Å²) in [6, 6.07) is 6.77. The molecule has 1 heteroatoms. The van der Waals surface area contributed by atoms with Crippen LogP contribution >= 0.6 is 0 Å². The molecule has 0 saturated heterocycles. The van der Waals surface area contributed by atoms with Crippen molar-refractivity contribution in [1.82, 2.24) is 0 Å². The fourth-order valence-corrected chi connectivity index (χ4v) is 2.77. The molecule has 17 heavy (non-hydrogen) atoms. The summed E-state index contributed by atoms with van der Waals surface area (Å²) in [6.07, 6.45) is 7.82. The van der Waals surface area contributed by atoms with Crippen LogP contribution in [0.15, 0.2) is 18.2 Å². The first-order valence-electron chi connectivity index (χ1n) is 7.15. The van der Waals surface area contributed by atoms with E-state index in [0.29, 0.717) is 0 Å². The third kappa shape index (κ3) is 3.02. The van der Waals surface area contributed by atoms with Crippen LogP contribution in [0.4, 0.5) is 5.69 Å². The van der Waals surface area contributed by atoms with Gasteiger partial charge in [0.05, 0.1) is 0 Å². The minimum absolute atomic E-state index is 0.739. The minimum Gasteiger partial charge on any atom is -0.398 e. The van der Waals surface area contributed by atoms with E-state index in [1.54, 1.807) is 0 Å². The molecule has 0 spiro atoms. The van der Waals surface area contributed by atoms with Crippen LogP contribution in [0.1, 0.15) is 75.3 Å². The minimum atomic E-state index is 0.739. The summed E-state index contributed by atoms with van der Waals surface area (Å²) in [5, 5.41) is 0. The Kier molecular flexibility index (Phi) is 4.09. The number of hydrogen-bond donors (Lipinski definition) is 1. The second-order valence-corrected chi connectivity index (χ2v) is 5.44. The Morgan fingerprint density at radius 3 is 2.35 bits per heavy atom. The number of hydrogen-bond acceptors (Lipinski definition) is 1. The van der Waals surface area contributed by atoms with Crippen molar-refractivity contribution < 1.29 is 0 Å². The van der Waals surface area contributed by atoms with Gasteiger partial charge in [-0.25, -0.2) is 0 Å². The van der Waals surface area contributed by atoms with E-state index in [0.717, 1.165) is 17.5 Å². The number of anilines is 1. The zero-order chi connectivity index (χ0) is 12.3. The summed E-state index contributed by atoms with van der Waals surface area (Å²) in [7, 11) is 0. The van der Waals surface area contributed by atoms with E-state index in [2.05, 4.69) is 32.0 Å². The van der Waals surface area contributed by atoms with Crippen molar-refractivity contribution in [1.29, 1.82) is 0 Å². The van der Waals surface area contributed by atoms with Gasteiger partial charge in [-0.2, -0.15) is 0 Å². The normalized spacial score (nSPS) is 15.5. The van der Waals surface area contributed by atoms with E-state index in [1.807, 2.05) is 0 Å². The van der Waals surface area contributed by atoms with E-state index in [-0.39, 0.29) is 0 Å². The third-order valence-electron chi connectivity index (χ3n) is 3.87. The second kappa shape index (κ2) is 5.57. The van der Waals surface area contributed by atoms with Crippen LogP contribution < -0.4 is 5.73 Å². The van der Waals surface area contributed by atoms with Gasteiger partial charge in [0, 0.05) is 5.69 Å². The van der Waals surface area contributed by atoms with Crippen molar-refractivity contribution in [2.24, 2.45) is 0 Å². The maximum Gasteiger partial charge on any atom is 0.0349 e. The molecule has 94 valence electrons. The Balaban J connectivity index is 2.20. The van der Waals surface area contributed by atoms with Gasteiger partial charge in [-0.3, -0.25) is 0 Å². The lowest BCUT2D eigenvalue weighted by molar-refractivity contribution is 0.560. The quantitative estimate of drug-likeness (QED) is 0.697. The highest BCUT2D eigenvalue weighted by Crippen LogP contribution is 2.44. The van der Waals surface area contributed by atoms with Gasteiger partial charge >= 0.3 is 0 Å². The number of benzene rings is 1. The number of nitrogen functional groups attached to an aromatic ring is 1. The molecule has 2 N–H and O–H groups in total. The van der Waals surface area contributed by atoms with E-state index >= 15 is 0 Å². The smallest absolute Gasteiger partial charge is 0.0349 e. The van der Waals surface area contributed by atoms with Crippen LogP contribution in [0.5, 0.6) is 0 Å². The van der Waals surface area contributed by atoms with Crippen molar-refractivity contribution in [3.05, 3.63) is 29.3 Å². The molecule has 0 radical (unpaired) electrons. The Labute approximate surface area is 105 Å². The van der Waals surface area contributed by atoms with Gasteiger partial charge < -0.3 is 5.73 Å². The molecule has 1 aromatic carbocycles. The lowest BCUT2D eigenvalue weighted by Gasteiger charge is -2.17. The SMILES string of the molecule is CCCC(CCC)c1ccc(N)c(C2CC2)c1. The Morgan fingerprint density at radius 2 is 1.82 bits per heavy atom. The van der Waals surface area contributed by atoms with Crippen molar-refractivity contribution in [2.75, 3.05) is 5.73 Å². The topological polar surface area (TPSA) is 26.0 Å². The summed E-state index contributed by atoms with van der Waals surface area (Å²) in [5.41, 5.74) is 10.0. The fourth-order valence-electron chi connectivity index (χ4n) is 2.77. The van der Waals surface area contributed by atoms with Crippen LogP contribution in [-0.4, -0.2) is 0 Å². The highest BCUT2D eigenvalue weighted by Gasteiger charge is 2.26. The Hall–Kier alpha value is -0.980. The fraction of sp³-hybridized carbons (Fsp3) is 0.625. The number of nitrogens with two attached hydrogens (primary N) is 1. The molecule has 0 heterocycles. The monoisotopic (exact) mass is 231 g/mol. The van der Waals surface area contributed by atoms with Crippen LogP contribution in [0.2, 0.25) is 0 Å². The van der Waals surface area contributed by atoms with Gasteiger partial charge in [-0.15, -0.1) is 0 Å². The van der Waals surface area contributed by atoms with Crippen molar-refractivity contribution in [2.45, 2.75) is 64.2 Å². The molecule has 1 aromatic rings. The van der Waals surface area contributed by atoms with E-state index in [1.165, 1.54) is 49.7 Å². The first-order chi connectivity index (χ1) is 8.26. The molecule has 0 atom stereocenters. The van der Waals surface area contributed by atoms with Gasteiger partial charge in [-0.05, 0) is 54.7 Å². The summed E-state index contributed by atoms with van der Waals surface area (Å²) in [6.45, 7) is 4.56. The number of rotatable bonds is 6. The van der Waals surface area contributed by atoms with E-state index in [9.17, 15) is 0 Å². The summed E-state index contributed by atoms with van der Waals surface area (Å²) >= 11 is 0. The molecule has 0 amide bonds. The molecule has 1 aliphatic rings. The molecule has 1 nitrogen and oxygen atoms in total. The van der Waals surface area contributed by atoms with Gasteiger partial charge in [0.15, 0.2) is 0 Å². The van der Waals surface area contributed by atoms with Gasteiger partial charge in [0.25, 0.3) is 0 Å². The first-order valence-corrected chi connectivity index (χ1v) is 7.15. The van der Waals surface area contributed by atoms with Crippen LogP contribution in [0.3, 0.4) is 0 Å². The standard InChI is InChI=1S/C16H25N/c1-3-5-12(6-4-2)14-9-10-16(17)15(11-14)13-7-8-13/h9-13H,3-8,17H2,1-2H3. The lowest BCUT2D eigenvalue weighted by Crippen LogP contribution is -2.01. The van der Waals surface area contributed by atoms with Crippen molar-refractivity contribution in [3.8, 4) is 0 Å². The van der Waals surface area contributed by atoms with E-state index < -0.39 is 0 Å². The molecule has 0 aliphatic heterocycles. The Morgan fingerprint density at radius 1 is 1.18 bits per heavy atom. The average molecular weight is 231 g/mol. The van der Waals surface area contributed by atoms with Crippen molar-refractivity contribution in [3.63, 3.8) is 0 Å². The van der Waals surface area contributed by atoms with Crippen LogP contribution in [-0.2, 0) is 0 Å². The zero-order valence-corrected chi connectivity index (χ0v) is 11.2. The molecular formula is C16H25N. The molecule has 2 rings (SSSR count). The largest absolute Gasteiger partial charge is 0.398 e. The predicted octanol–water partition coefficient (Wildman–Crippen LogP) is 4.83. The molecule has 0 bridgehead atoms. The van der Waals surface area contributed by atoms with Gasteiger partial charge in [0.2, 0.25) is 0 Å². The van der Waals surface area contributed by atoms with Gasteiger partial charge in [-0.1, -0.05) is 38.8 Å². The van der Waals surface area contributed by atoms with Crippen LogP contribution in [0, 0.1) is 0 Å². The van der Waals surface area contributed by atoms with E-state index in [4.69, 9.17) is 5.73 Å². The lowest BCUT2D eigenvalue weighted by atomic mass is 9.88. The summed E-state index contributed by atoms with van der Waals surface area (Å²) in [4.78, 5) is 0. The van der Waals surface area contributed by atoms with Crippen LogP contribution in [0.25, 0.3) is 0 Å². The molecule has 1 aliphatic carbocycles. The highest BCUT2D eigenvalue weighted by atomic mass is 14.6. The third-order valence-corrected chi connectivity index (χ3v) is 3.87. The van der Waals surface area contributed by atoms with Crippen molar-refractivity contribution >= 4 is 5.69 Å². The maximum absolute atomic E-state index is 6.08. The Bertz CT molecular complexity index is 360. The average Bonchev–Trinajstić information content (AvgIpc) is 3.13. The highest BCUT2D eigenvalue weighted by molar-refractivity contribution is 5.52. The molecule has 1 fully saturated rings. The zero-order valence-electron chi connectivity index (χ0n) is 11.2. The molecule has 0 unspecified atom stereocenters.